The van der Waals surface area contributed by atoms with Gasteiger partial charge in [0, 0.05) is 24.0 Å². The molecule has 7 heteroatoms. The second-order valence-corrected chi connectivity index (χ2v) is 10.9. The molecule has 3 heterocycles. The number of carbonyl (C=O) groups excluding carboxylic acids is 2. The lowest BCUT2D eigenvalue weighted by Crippen LogP contribution is -2.29. The van der Waals surface area contributed by atoms with E-state index in [4.69, 9.17) is 4.74 Å². The van der Waals surface area contributed by atoms with Crippen molar-refractivity contribution in [3.05, 3.63) is 64.7 Å². The van der Waals surface area contributed by atoms with Crippen LogP contribution in [0.4, 0.5) is 4.79 Å². The maximum atomic E-state index is 13.6. The molecule has 0 aliphatic carbocycles. The highest BCUT2D eigenvalue weighted by Gasteiger charge is 2.29. The van der Waals surface area contributed by atoms with E-state index in [1.165, 1.54) is 24.8 Å². The number of hydrogen-bond donors (Lipinski definition) is 2. The molecule has 2 aliphatic heterocycles. The molecule has 0 spiro atoms. The molecule has 2 N–H and O–H groups in total. The van der Waals surface area contributed by atoms with Crippen molar-refractivity contribution in [2.24, 2.45) is 0 Å². The molecular formula is C30H35N3O4. The van der Waals surface area contributed by atoms with Crippen molar-refractivity contribution in [3.8, 4) is 11.3 Å². The average Bonchev–Trinajstić information content (AvgIpc) is 3.42. The van der Waals surface area contributed by atoms with Gasteiger partial charge in [-0.2, -0.15) is 0 Å². The maximum Gasteiger partial charge on any atom is 0.419 e. The van der Waals surface area contributed by atoms with Gasteiger partial charge in [0.05, 0.1) is 23.4 Å². The highest BCUT2D eigenvalue weighted by atomic mass is 16.6. The fourth-order valence-electron chi connectivity index (χ4n) is 5.33. The number of amides is 1. The summed E-state index contributed by atoms with van der Waals surface area (Å²) in [6, 6.07) is 12.0. The van der Waals surface area contributed by atoms with Crippen LogP contribution in [-0.2, 0) is 17.8 Å². The number of fused-ring (bicyclic) bond motifs is 2. The van der Waals surface area contributed by atoms with Crippen LogP contribution in [0.1, 0.15) is 67.1 Å². The quantitative estimate of drug-likeness (QED) is 0.494. The number of ether oxygens (including phenoxy) is 1. The van der Waals surface area contributed by atoms with Gasteiger partial charge in [-0.05, 0) is 93.7 Å². The fourth-order valence-corrected chi connectivity index (χ4v) is 5.33. The molecule has 1 saturated heterocycles. The minimum atomic E-state index is -0.676. The number of nitrogens with zero attached hydrogens (tertiary/aromatic N) is 2. The molecule has 1 fully saturated rings. The van der Waals surface area contributed by atoms with Crippen molar-refractivity contribution in [1.29, 1.82) is 0 Å². The average molecular weight is 502 g/mol. The fraction of sp³-hybridized carbons (Fsp3) is 0.400. The number of rotatable bonds is 5. The Balaban J connectivity index is 1.67. The maximum absolute atomic E-state index is 13.6. The van der Waals surface area contributed by atoms with Crippen LogP contribution in [-0.4, -0.2) is 51.9 Å². The summed E-state index contributed by atoms with van der Waals surface area (Å²) in [6.45, 7) is 8.98. The number of aliphatic hydroxyl groups is 1. The van der Waals surface area contributed by atoms with E-state index in [2.05, 4.69) is 22.3 Å². The molecule has 0 radical (unpaired) electrons. The van der Waals surface area contributed by atoms with E-state index in [9.17, 15) is 14.7 Å². The third-order valence-corrected chi connectivity index (χ3v) is 6.90. The van der Waals surface area contributed by atoms with Crippen molar-refractivity contribution >= 4 is 29.0 Å². The van der Waals surface area contributed by atoms with Crippen LogP contribution >= 0.6 is 0 Å². The van der Waals surface area contributed by atoms with Crippen LogP contribution in [0.25, 0.3) is 28.2 Å². The third kappa shape index (κ3) is 5.33. The molecule has 2 aromatic carbocycles. The Kier molecular flexibility index (Phi) is 6.92. The minimum Gasteiger partial charge on any atom is -0.443 e. The summed E-state index contributed by atoms with van der Waals surface area (Å²) in [6.07, 6.45) is 6.76. The molecule has 7 nitrogen and oxygen atoms in total. The normalized spacial score (nSPS) is 16.4. The predicted octanol–water partition coefficient (Wildman–Crippen LogP) is 5.33. The highest BCUT2D eigenvalue weighted by Crippen LogP contribution is 2.36. The molecule has 1 aromatic heterocycles. The van der Waals surface area contributed by atoms with E-state index in [1.54, 1.807) is 10.6 Å². The van der Waals surface area contributed by atoms with E-state index < -0.39 is 11.7 Å². The van der Waals surface area contributed by atoms with E-state index in [1.807, 2.05) is 51.1 Å². The Labute approximate surface area is 217 Å². The number of carbonyl (C=O) groups is 2. The number of aliphatic hydroxyl groups excluding tert-OH is 1. The molecule has 2 aliphatic rings. The van der Waals surface area contributed by atoms with E-state index in [0.717, 1.165) is 41.7 Å². The smallest absolute Gasteiger partial charge is 0.419 e. The zero-order valence-electron chi connectivity index (χ0n) is 21.8. The monoisotopic (exact) mass is 501 g/mol. The van der Waals surface area contributed by atoms with Gasteiger partial charge in [0.25, 0.3) is 5.91 Å². The largest absolute Gasteiger partial charge is 0.443 e. The number of hydrogen-bond acceptors (Lipinski definition) is 5. The number of piperidine rings is 1. The lowest BCUT2D eigenvalue weighted by Gasteiger charge is -2.26. The van der Waals surface area contributed by atoms with Crippen LogP contribution in [0.3, 0.4) is 0 Å². The molecule has 3 aromatic rings. The first kappa shape index (κ1) is 25.2. The Bertz CT molecular complexity index is 1370. The third-order valence-electron chi connectivity index (χ3n) is 6.90. The van der Waals surface area contributed by atoms with Gasteiger partial charge in [-0.15, -0.1) is 0 Å². The van der Waals surface area contributed by atoms with E-state index in [-0.39, 0.29) is 12.5 Å². The summed E-state index contributed by atoms with van der Waals surface area (Å²) in [5, 5.41) is 13.1. The number of aromatic nitrogens is 1. The number of likely N-dealkylation sites (tertiary alicyclic amines) is 1. The first-order valence-corrected chi connectivity index (χ1v) is 13.1. The molecule has 194 valence electrons. The van der Waals surface area contributed by atoms with Crippen LogP contribution in [0.5, 0.6) is 0 Å². The van der Waals surface area contributed by atoms with Gasteiger partial charge in [0.15, 0.2) is 0 Å². The van der Waals surface area contributed by atoms with E-state index >= 15 is 0 Å². The van der Waals surface area contributed by atoms with Gasteiger partial charge in [0.1, 0.15) is 5.60 Å². The van der Waals surface area contributed by atoms with Gasteiger partial charge in [-0.25, -0.2) is 9.36 Å². The topological polar surface area (TPSA) is 83.8 Å². The Morgan fingerprint density at radius 2 is 1.89 bits per heavy atom. The van der Waals surface area contributed by atoms with Crippen molar-refractivity contribution in [1.82, 2.24) is 14.8 Å². The lowest BCUT2D eigenvalue weighted by atomic mass is 9.96. The van der Waals surface area contributed by atoms with Crippen LogP contribution in [0, 0.1) is 0 Å². The van der Waals surface area contributed by atoms with Gasteiger partial charge < -0.3 is 15.2 Å². The Hall–Kier alpha value is -3.42. The second-order valence-electron chi connectivity index (χ2n) is 10.9. The Morgan fingerprint density at radius 3 is 2.62 bits per heavy atom. The molecule has 0 unspecified atom stereocenters. The molecule has 0 saturated carbocycles. The van der Waals surface area contributed by atoms with Crippen molar-refractivity contribution in [3.63, 3.8) is 0 Å². The zero-order valence-corrected chi connectivity index (χ0v) is 21.8. The Morgan fingerprint density at radius 1 is 1.11 bits per heavy atom. The first-order chi connectivity index (χ1) is 17.7. The first-order valence-electron chi connectivity index (χ1n) is 13.1. The van der Waals surface area contributed by atoms with Gasteiger partial charge in [0.2, 0.25) is 0 Å². The summed E-state index contributed by atoms with van der Waals surface area (Å²) in [7, 11) is 0. The summed E-state index contributed by atoms with van der Waals surface area (Å²) in [5.41, 5.74) is 4.85. The minimum absolute atomic E-state index is 0.0818. The van der Waals surface area contributed by atoms with Gasteiger partial charge in [-0.3, -0.25) is 9.69 Å². The lowest BCUT2D eigenvalue weighted by molar-refractivity contribution is 0.0547. The van der Waals surface area contributed by atoms with Crippen LogP contribution < -0.4 is 5.32 Å². The van der Waals surface area contributed by atoms with Gasteiger partial charge >= 0.3 is 6.09 Å². The SMILES string of the molecule is CC(C)(C)OC(=O)n1c(-c2cc(/C=C/CO)cc3c2C(=O)NC3)cc2cc(CN3CCCCC3)ccc21. The summed E-state index contributed by atoms with van der Waals surface area (Å²) in [4.78, 5) is 28.9. The second kappa shape index (κ2) is 10.1. The van der Waals surface area contributed by atoms with Crippen LogP contribution in [0.15, 0.2) is 42.5 Å². The molecular weight excluding hydrogens is 466 g/mol. The molecule has 37 heavy (non-hydrogen) atoms. The summed E-state index contributed by atoms with van der Waals surface area (Å²) >= 11 is 0. The summed E-state index contributed by atoms with van der Waals surface area (Å²) < 4.78 is 7.40. The highest BCUT2D eigenvalue weighted by molar-refractivity contribution is 6.07. The van der Waals surface area contributed by atoms with Crippen molar-refractivity contribution in [2.45, 2.75) is 58.7 Å². The van der Waals surface area contributed by atoms with Crippen molar-refractivity contribution in [2.75, 3.05) is 19.7 Å². The zero-order chi connectivity index (χ0) is 26.2. The number of nitrogens with one attached hydrogen (secondary N) is 1. The van der Waals surface area contributed by atoms with E-state index in [0.29, 0.717) is 23.4 Å². The summed E-state index contributed by atoms with van der Waals surface area (Å²) in [5.74, 6) is -0.158. The molecule has 0 bridgehead atoms. The van der Waals surface area contributed by atoms with Crippen molar-refractivity contribution < 1.29 is 19.4 Å². The van der Waals surface area contributed by atoms with Crippen LogP contribution in [0.2, 0.25) is 0 Å². The van der Waals surface area contributed by atoms with Gasteiger partial charge in [-0.1, -0.05) is 24.6 Å². The molecule has 1 amide bonds. The standard InChI is InChI=1S/C30H35N3O4/c1-30(2,3)37-29(36)33-25-10-9-21(19-32-11-5-4-6-12-32)15-22(25)17-26(33)24-16-20(8-7-13-34)14-23-18-31-28(35)27(23)24/h7-10,14-17,34H,4-6,11-13,18-19H2,1-3H3,(H,31,35)/b8-7+. The molecule has 0 atom stereocenters. The number of benzene rings is 2. The molecule has 5 rings (SSSR count). The predicted molar refractivity (Wildman–Crippen MR) is 145 cm³/mol.